The molecule has 1 aliphatic rings. The minimum Gasteiger partial charge on any atom is -0.379 e. The first-order chi connectivity index (χ1) is 8.84. The summed E-state index contributed by atoms with van der Waals surface area (Å²) in [5.41, 5.74) is 0. The molecule has 1 aliphatic heterocycles. The van der Waals surface area contributed by atoms with Crippen LogP contribution in [0.2, 0.25) is 0 Å². The van der Waals surface area contributed by atoms with E-state index in [2.05, 4.69) is 25.2 Å². The van der Waals surface area contributed by atoms with E-state index in [-0.39, 0.29) is 6.03 Å². The number of carbonyl (C=O) groups is 1. The third-order valence-corrected chi connectivity index (χ3v) is 2.72. The number of amides is 2. The molecular formula is C11H18N4O3. The van der Waals surface area contributed by atoms with Crippen molar-refractivity contribution in [3.05, 3.63) is 12.3 Å². The molecule has 7 heteroatoms. The molecular weight excluding hydrogens is 236 g/mol. The van der Waals surface area contributed by atoms with Crippen LogP contribution in [0.1, 0.15) is 6.42 Å². The molecule has 18 heavy (non-hydrogen) atoms. The SMILES string of the molecule is O=C(NCCCN1CCOCC1)Nc1ccon1. The zero-order valence-corrected chi connectivity index (χ0v) is 10.2. The standard InChI is InChI=1S/C11H18N4O3/c16-11(13-10-2-7-18-14-10)12-3-1-4-15-5-8-17-9-6-15/h2,7H,1,3-6,8-9H2,(H2,12,13,14,16). The summed E-state index contributed by atoms with van der Waals surface area (Å²) in [7, 11) is 0. The van der Waals surface area contributed by atoms with Crippen LogP contribution in [0.25, 0.3) is 0 Å². The molecule has 0 bridgehead atoms. The van der Waals surface area contributed by atoms with E-state index >= 15 is 0 Å². The van der Waals surface area contributed by atoms with Gasteiger partial charge in [-0.25, -0.2) is 4.79 Å². The Hall–Kier alpha value is -1.60. The van der Waals surface area contributed by atoms with Gasteiger partial charge in [0.15, 0.2) is 5.82 Å². The number of nitrogens with one attached hydrogen (secondary N) is 2. The summed E-state index contributed by atoms with van der Waals surface area (Å²) in [6.45, 7) is 5.19. The average Bonchev–Trinajstić information content (AvgIpc) is 2.89. The zero-order valence-electron chi connectivity index (χ0n) is 10.2. The van der Waals surface area contributed by atoms with E-state index in [0.29, 0.717) is 12.4 Å². The number of aromatic nitrogens is 1. The molecule has 2 heterocycles. The number of hydrogen-bond acceptors (Lipinski definition) is 5. The molecule has 0 spiro atoms. The van der Waals surface area contributed by atoms with Crippen LogP contribution in [0.3, 0.4) is 0 Å². The molecule has 1 saturated heterocycles. The number of ether oxygens (including phenoxy) is 1. The Morgan fingerprint density at radius 1 is 1.44 bits per heavy atom. The van der Waals surface area contributed by atoms with Gasteiger partial charge in [-0.3, -0.25) is 10.2 Å². The zero-order chi connectivity index (χ0) is 12.6. The molecule has 0 aromatic carbocycles. The van der Waals surface area contributed by atoms with Crippen molar-refractivity contribution in [2.45, 2.75) is 6.42 Å². The van der Waals surface area contributed by atoms with Crippen LogP contribution < -0.4 is 10.6 Å². The lowest BCUT2D eigenvalue weighted by molar-refractivity contribution is 0.0375. The van der Waals surface area contributed by atoms with Gasteiger partial charge in [-0.15, -0.1) is 0 Å². The third kappa shape index (κ3) is 4.34. The predicted molar refractivity (Wildman–Crippen MR) is 65.4 cm³/mol. The summed E-state index contributed by atoms with van der Waals surface area (Å²) in [4.78, 5) is 13.8. The second-order valence-corrected chi connectivity index (χ2v) is 4.07. The Labute approximate surface area is 105 Å². The molecule has 100 valence electrons. The number of urea groups is 1. The van der Waals surface area contributed by atoms with Crippen molar-refractivity contribution in [2.24, 2.45) is 0 Å². The lowest BCUT2D eigenvalue weighted by atomic mass is 10.3. The summed E-state index contributed by atoms with van der Waals surface area (Å²) in [5, 5.41) is 8.93. The second kappa shape index (κ2) is 6.97. The molecule has 7 nitrogen and oxygen atoms in total. The maximum absolute atomic E-state index is 11.4. The normalized spacial score (nSPS) is 16.4. The number of rotatable bonds is 5. The quantitative estimate of drug-likeness (QED) is 0.749. The van der Waals surface area contributed by atoms with E-state index in [0.717, 1.165) is 39.3 Å². The highest BCUT2D eigenvalue weighted by Gasteiger charge is 2.09. The number of carbonyl (C=O) groups excluding carboxylic acids is 1. The summed E-state index contributed by atoms with van der Waals surface area (Å²) >= 11 is 0. The van der Waals surface area contributed by atoms with Gasteiger partial charge in [-0.05, 0) is 13.0 Å². The fourth-order valence-electron chi connectivity index (χ4n) is 1.77. The van der Waals surface area contributed by atoms with Crippen molar-refractivity contribution < 1.29 is 14.1 Å². The van der Waals surface area contributed by atoms with Gasteiger partial charge < -0.3 is 14.6 Å². The number of morpholine rings is 1. The van der Waals surface area contributed by atoms with Crippen molar-refractivity contribution in [1.82, 2.24) is 15.4 Å². The first-order valence-corrected chi connectivity index (χ1v) is 6.10. The van der Waals surface area contributed by atoms with Gasteiger partial charge >= 0.3 is 6.03 Å². The average molecular weight is 254 g/mol. The molecule has 0 aliphatic carbocycles. The number of nitrogens with zero attached hydrogens (tertiary/aromatic N) is 2. The van der Waals surface area contributed by atoms with Crippen LogP contribution in [0.4, 0.5) is 10.6 Å². The van der Waals surface area contributed by atoms with Crippen LogP contribution in [-0.4, -0.2) is 55.5 Å². The minimum atomic E-state index is -0.258. The summed E-state index contributed by atoms with van der Waals surface area (Å²) in [6.07, 6.45) is 2.33. The highest BCUT2D eigenvalue weighted by atomic mass is 16.5. The lowest BCUT2D eigenvalue weighted by Gasteiger charge is -2.26. The van der Waals surface area contributed by atoms with E-state index < -0.39 is 0 Å². The fraction of sp³-hybridized carbons (Fsp3) is 0.636. The molecule has 0 radical (unpaired) electrons. The molecule has 1 aromatic rings. The van der Waals surface area contributed by atoms with Crippen LogP contribution in [0, 0.1) is 0 Å². The van der Waals surface area contributed by atoms with Crippen molar-refractivity contribution in [1.29, 1.82) is 0 Å². The van der Waals surface area contributed by atoms with E-state index in [1.807, 2.05) is 0 Å². The largest absolute Gasteiger partial charge is 0.379 e. The molecule has 1 aromatic heterocycles. The summed E-state index contributed by atoms with van der Waals surface area (Å²) < 4.78 is 9.88. The number of hydrogen-bond donors (Lipinski definition) is 2. The van der Waals surface area contributed by atoms with E-state index in [1.54, 1.807) is 6.07 Å². The number of anilines is 1. The fourth-order valence-corrected chi connectivity index (χ4v) is 1.77. The van der Waals surface area contributed by atoms with E-state index in [4.69, 9.17) is 4.74 Å². The van der Waals surface area contributed by atoms with Crippen LogP contribution in [-0.2, 0) is 4.74 Å². The van der Waals surface area contributed by atoms with Crippen LogP contribution >= 0.6 is 0 Å². The molecule has 0 unspecified atom stereocenters. The van der Waals surface area contributed by atoms with Gasteiger partial charge in [0, 0.05) is 25.7 Å². The van der Waals surface area contributed by atoms with Crippen LogP contribution in [0.15, 0.2) is 16.9 Å². The highest BCUT2D eigenvalue weighted by molar-refractivity contribution is 5.87. The molecule has 1 fully saturated rings. The molecule has 0 atom stereocenters. The summed E-state index contributed by atoms with van der Waals surface area (Å²) in [5.74, 6) is 0.417. The topological polar surface area (TPSA) is 79.6 Å². The van der Waals surface area contributed by atoms with E-state index in [9.17, 15) is 4.79 Å². The minimum absolute atomic E-state index is 0.258. The van der Waals surface area contributed by atoms with Gasteiger partial charge in [0.2, 0.25) is 0 Å². The first-order valence-electron chi connectivity index (χ1n) is 6.10. The summed E-state index contributed by atoms with van der Waals surface area (Å²) in [6, 6.07) is 1.33. The third-order valence-electron chi connectivity index (χ3n) is 2.72. The Kier molecular flexibility index (Phi) is 4.98. The van der Waals surface area contributed by atoms with Gasteiger partial charge in [0.05, 0.1) is 13.2 Å². The molecule has 2 rings (SSSR count). The van der Waals surface area contributed by atoms with Crippen molar-refractivity contribution in [3.63, 3.8) is 0 Å². The maximum atomic E-state index is 11.4. The van der Waals surface area contributed by atoms with Gasteiger partial charge in [-0.2, -0.15) is 0 Å². The Balaban J connectivity index is 1.53. The van der Waals surface area contributed by atoms with Gasteiger partial charge in [0.25, 0.3) is 0 Å². The van der Waals surface area contributed by atoms with Crippen molar-refractivity contribution >= 4 is 11.8 Å². The van der Waals surface area contributed by atoms with Gasteiger partial charge in [0.1, 0.15) is 6.26 Å². The predicted octanol–water partition coefficient (Wildman–Crippen LogP) is 0.518. The van der Waals surface area contributed by atoms with Crippen molar-refractivity contribution in [3.8, 4) is 0 Å². The maximum Gasteiger partial charge on any atom is 0.320 e. The van der Waals surface area contributed by atoms with E-state index in [1.165, 1.54) is 6.26 Å². The Morgan fingerprint density at radius 2 is 2.28 bits per heavy atom. The molecule has 0 saturated carbocycles. The van der Waals surface area contributed by atoms with Crippen molar-refractivity contribution in [2.75, 3.05) is 44.7 Å². The monoisotopic (exact) mass is 254 g/mol. The first kappa shape index (κ1) is 12.8. The smallest absolute Gasteiger partial charge is 0.320 e. The van der Waals surface area contributed by atoms with Gasteiger partial charge in [-0.1, -0.05) is 5.16 Å². The lowest BCUT2D eigenvalue weighted by Crippen LogP contribution is -2.38. The highest BCUT2D eigenvalue weighted by Crippen LogP contribution is 2.00. The Morgan fingerprint density at radius 3 is 3.00 bits per heavy atom. The molecule has 2 amide bonds. The van der Waals surface area contributed by atoms with Crippen LogP contribution in [0.5, 0.6) is 0 Å². The second-order valence-electron chi connectivity index (χ2n) is 4.07. The molecule has 2 N–H and O–H groups in total. The Bertz CT molecular complexity index is 349.